The van der Waals surface area contributed by atoms with E-state index < -0.39 is 6.03 Å². The van der Waals surface area contributed by atoms with Gasteiger partial charge >= 0.3 is 6.03 Å². The van der Waals surface area contributed by atoms with Crippen LogP contribution in [-0.2, 0) is 12.8 Å². The number of nitrogens with zero attached hydrogens (tertiary/aromatic N) is 1. The van der Waals surface area contributed by atoms with Gasteiger partial charge in [-0.05, 0) is 54.4 Å². The van der Waals surface area contributed by atoms with Crippen LogP contribution < -0.4 is 10.6 Å². The van der Waals surface area contributed by atoms with Crippen molar-refractivity contribution in [3.8, 4) is 6.07 Å². The molecule has 2 aromatic rings. The van der Waals surface area contributed by atoms with Crippen molar-refractivity contribution in [2.45, 2.75) is 46.5 Å². The van der Waals surface area contributed by atoms with Gasteiger partial charge in [0.15, 0.2) is 0 Å². The van der Waals surface area contributed by atoms with E-state index >= 15 is 0 Å². The summed E-state index contributed by atoms with van der Waals surface area (Å²) in [5, 5.41) is 16.6. The highest BCUT2D eigenvalue weighted by Crippen LogP contribution is 2.45. The average Bonchev–Trinajstić information content (AvgIpc) is 3.00. The number of nitrogens with one attached hydrogen (secondary N) is 2. The maximum atomic E-state index is 12.4. The Morgan fingerprint density at radius 1 is 1.32 bits per heavy atom. The van der Waals surface area contributed by atoms with Crippen LogP contribution in [0.4, 0.5) is 15.5 Å². The van der Waals surface area contributed by atoms with Gasteiger partial charge < -0.3 is 5.32 Å². The number of amides is 2. The molecule has 4 nitrogen and oxygen atoms in total. The third-order valence-corrected chi connectivity index (χ3v) is 7.71. The standard InChI is InChI=1S/C21H23Cl2N3OS/c1-4-21(2,3)12-5-7-14-15(11-24)19(28-18(14)9-12)26-20(27)25-13-6-8-16(22)17(23)10-13/h6,8,10,12H,4-5,7,9H2,1-3H3,(H2,25,26,27). The first-order valence-corrected chi connectivity index (χ1v) is 10.9. The minimum absolute atomic E-state index is 0.271. The summed E-state index contributed by atoms with van der Waals surface area (Å²) in [6, 6.07) is 6.77. The Morgan fingerprint density at radius 3 is 2.71 bits per heavy atom. The van der Waals surface area contributed by atoms with Gasteiger partial charge in [0.1, 0.15) is 11.1 Å². The molecule has 1 unspecified atom stereocenters. The normalized spacial score (nSPS) is 16.2. The maximum Gasteiger partial charge on any atom is 0.324 e. The SMILES string of the molecule is CCC(C)(C)C1CCc2c(sc(NC(=O)Nc3ccc(Cl)c(Cl)c3)c2C#N)C1. The minimum Gasteiger partial charge on any atom is -0.308 e. The first-order valence-electron chi connectivity index (χ1n) is 9.32. The highest BCUT2D eigenvalue weighted by atomic mass is 35.5. The lowest BCUT2D eigenvalue weighted by molar-refractivity contribution is 0.184. The third-order valence-electron chi connectivity index (χ3n) is 5.80. The molecule has 148 valence electrons. The molecule has 0 saturated carbocycles. The minimum atomic E-state index is -0.404. The van der Waals surface area contributed by atoms with Gasteiger partial charge in [0, 0.05) is 10.6 Å². The second kappa shape index (κ2) is 8.32. The van der Waals surface area contributed by atoms with Crippen LogP contribution in [0.1, 0.15) is 49.6 Å². The first kappa shape index (κ1) is 21.0. The van der Waals surface area contributed by atoms with E-state index in [9.17, 15) is 10.1 Å². The lowest BCUT2D eigenvalue weighted by atomic mass is 9.69. The topological polar surface area (TPSA) is 64.9 Å². The van der Waals surface area contributed by atoms with Crippen LogP contribution in [0.15, 0.2) is 18.2 Å². The Bertz CT molecular complexity index is 946. The summed E-state index contributed by atoms with van der Waals surface area (Å²) < 4.78 is 0. The smallest absolute Gasteiger partial charge is 0.308 e. The Balaban J connectivity index is 1.77. The van der Waals surface area contributed by atoms with Gasteiger partial charge in [-0.2, -0.15) is 5.26 Å². The number of rotatable bonds is 4. The Hall–Kier alpha value is -1.74. The average molecular weight is 436 g/mol. The van der Waals surface area contributed by atoms with Crippen LogP contribution in [-0.4, -0.2) is 6.03 Å². The number of hydrogen-bond acceptors (Lipinski definition) is 3. The molecule has 7 heteroatoms. The van der Waals surface area contributed by atoms with Gasteiger partial charge in [-0.15, -0.1) is 11.3 Å². The van der Waals surface area contributed by atoms with Crippen molar-refractivity contribution < 1.29 is 4.79 Å². The van der Waals surface area contributed by atoms with Crippen molar-refractivity contribution in [2.24, 2.45) is 11.3 Å². The van der Waals surface area contributed by atoms with Crippen LogP contribution in [0.5, 0.6) is 0 Å². The second-order valence-corrected chi connectivity index (χ2v) is 9.73. The maximum absolute atomic E-state index is 12.4. The largest absolute Gasteiger partial charge is 0.324 e. The van der Waals surface area contributed by atoms with E-state index in [1.165, 1.54) is 16.2 Å². The quantitative estimate of drug-likeness (QED) is 0.536. The van der Waals surface area contributed by atoms with Crippen molar-refractivity contribution >= 4 is 51.3 Å². The molecular weight excluding hydrogens is 413 g/mol. The van der Waals surface area contributed by atoms with E-state index in [1.807, 2.05) is 0 Å². The molecule has 0 spiro atoms. The first-order chi connectivity index (χ1) is 13.2. The molecule has 1 atom stereocenters. The molecule has 1 heterocycles. The molecule has 1 aromatic carbocycles. The Kier molecular flexibility index (Phi) is 6.24. The second-order valence-electron chi connectivity index (χ2n) is 7.81. The molecule has 0 radical (unpaired) electrons. The number of hydrogen-bond donors (Lipinski definition) is 2. The summed E-state index contributed by atoms with van der Waals surface area (Å²) in [6.07, 6.45) is 4.05. The molecule has 1 aromatic heterocycles. The summed E-state index contributed by atoms with van der Waals surface area (Å²) >= 11 is 13.4. The zero-order valence-corrected chi connectivity index (χ0v) is 18.5. The zero-order valence-electron chi connectivity index (χ0n) is 16.2. The number of benzene rings is 1. The molecule has 28 heavy (non-hydrogen) atoms. The molecule has 0 saturated heterocycles. The predicted octanol–water partition coefficient (Wildman–Crippen LogP) is 7.11. The van der Waals surface area contributed by atoms with E-state index in [-0.39, 0.29) is 5.41 Å². The van der Waals surface area contributed by atoms with Gasteiger partial charge in [-0.3, -0.25) is 5.32 Å². The molecule has 0 fully saturated rings. The van der Waals surface area contributed by atoms with E-state index in [1.54, 1.807) is 18.2 Å². The van der Waals surface area contributed by atoms with Crippen LogP contribution in [0, 0.1) is 22.7 Å². The molecule has 1 aliphatic carbocycles. The van der Waals surface area contributed by atoms with E-state index in [0.717, 1.165) is 31.2 Å². The monoisotopic (exact) mass is 435 g/mol. The lowest BCUT2D eigenvalue weighted by Crippen LogP contribution is -2.28. The molecular formula is C21H23Cl2N3OS. The van der Waals surface area contributed by atoms with Crippen molar-refractivity contribution in [2.75, 3.05) is 10.6 Å². The highest BCUT2D eigenvalue weighted by molar-refractivity contribution is 7.16. The molecule has 3 rings (SSSR count). The molecule has 0 aliphatic heterocycles. The van der Waals surface area contributed by atoms with Gasteiger partial charge in [0.05, 0.1) is 15.6 Å². The van der Waals surface area contributed by atoms with Gasteiger partial charge in [-0.25, -0.2) is 4.79 Å². The fourth-order valence-electron chi connectivity index (χ4n) is 3.59. The van der Waals surface area contributed by atoms with E-state index in [2.05, 4.69) is 37.5 Å². The summed E-state index contributed by atoms with van der Waals surface area (Å²) in [4.78, 5) is 13.6. The number of thiophene rings is 1. The fourth-order valence-corrected chi connectivity index (χ4v) is 5.16. The number of nitriles is 1. The molecule has 1 aliphatic rings. The van der Waals surface area contributed by atoms with Crippen LogP contribution in [0.3, 0.4) is 0 Å². The summed E-state index contributed by atoms with van der Waals surface area (Å²) in [5.74, 6) is 0.591. The van der Waals surface area contributed by atoms with Gasteiger partial charge in [-0.1, -0.05) is 50.4 Å². The zero-order chi connectivity index (χ0) is 20.5. The number of anilines is 2. The Morgan fingerprint density at radius 2 is 2.07 bits per heavy atom. The number of carbonyl (C=O) groups excluding carboxylic acids is 1. The van der Waals surface area contributed by atoms with Gasteiger partial charge in [0.2, 0.25) is 0 Å². The van der Waals surface area contributed by atoms with Crippen molar-refractivity contribution in [1.29, 1.82) is 5.26 Å². The highest BCUT2D eigenvalue weighted by Gasteiger charge is 2.34. The number of fused-ring (bicyclic) bond motifs is 1. The lowest BCUT2D eigenvalue weighted by Gasteiger charge is -2.36. The van der Waals surface area contributed by atoms with Crippen molar-refractivity contribution in [3.05, 3.63) is 44.2 Å². The van der Waals surface area contributed by atoms with Crippen molar-refractivity contribution in [3.63, 3.8) is 0 Å². The number of urea groups is 1. The molecule has 2 amide bonds. The third kappa shape index (κ3) is 4.30. The fraction of sp³-hybridized carbons (Fsp3) is 0.429. The summed E-state index contributed by atoms with van der Waals surface area (Å²) in [7, 11) is 0. The molecule has 0 bridgehead atoms. The number of halogens is 2. The van der Waals surface area contributed by atoms with Crippen LogP contribution >= 0.6 is 34.5 Å². The number of carbonyl (C=O) groups is 1. The Labute approximate surface area is 179 Å². The predicted molar refractivity (Wildman–Crippen MR) is 118 cm³/mol. The van der Waals surface area contributed by atoms with Crippen LogP contribution in [0.25, 0.3) is 0 Å². The van der Waals surface area contributed by atoms with Crippen molar-refractivity contribution in [1.82, 2.24) is 0 Å². The molecule has 2 N–H and O–H groups in total. The van der Waals surface area contributed by atoms with E-state index in [4.69, 9.17) is 23.2 Å². The summed E-state index contributed by atoms with van der Waals surface area (Å²) in [5.41, 5.74) is 2.50. The van der Waals surface area contributed by atoms with Crippen LogP contribution in [0.2, 0.25) is 10.0 Å². The summed E-state index contributed by atoms with van der Waals surface area (Å²) in [6.45, 7) is 6.85. The van der Waals surface area contributed by atoms with Gasteiger partial charge in [0.25, 0.3) is 0 Å². The van der Waals surface area contributed by atoms with E-state index in [0.29, 0.717) is 32.2 Å².